The molecule has 0 spiro atoms. The minimum absolute atomic E-state index is 0.0563. The number of nitrogens with zero attached hydrogens (tertiary/aromatic N) is 4. The van der Waals surface area contributed by atoms with Crippen molar-refractivity contribution in [1.29, 1.82) is 0 Å². The van der Waals surface area contributed by atoms with Gasteiger partial charge in [0.25, 0.3) is 0 Å². The van der Waals surface area contributed by atoms with E-state index in [1.807, 2.05) is 24.4 Å². The molecule has 1 aliphatic rings. The second-order valence-electron chi connectivity index (χ2n) is 12.6. The first-order valence-electron chi connectivity index (χ1n) is 14.1. The summed E-state index contributed by atoms with van der Waals surface area (Å²) in [5.41, 5.74) is 8.09. The van der Waals surface area contributed by atoms with Gasteiger partial charge in [-0.15, -0.1) is 0 Å². The summed E-state index contributed by atoms with van der Waals surface area (Å²) in [4.78, 5) is 19.6. The van der Waals surface area contributed by atoms with Gasteiger partial charge in [0.2, 0.25) is 0 Å². The normalized spacial score (nSPS) is 14.0. The van der Waals surface area contributed by atoms with Gasteiger partial charge in [-0.1, -0.05) is 46.8 Å². The summed E-state index contributed by atoms with van der Waals surface area (Å²) < 4.78 is 14.7. The minimum Gasteiger partial charge on any atom is -0.337 e. The predicted molar refractivity (Wildman–Crippen MR) is 161 cm³/mol. The fourth-order valence-corrected chi connectivity index (χ4v) is 5.86. The van der Waals surface area contributed by atoms with Crippen LogP contribution in [0.2, 0.25) is 0 Å². The molecule has 5 nitrogen and oxygen atoms in total. The van der Waals surface area contributed by atoms with Gasteiger partial charge in [-0.25, -0.2) is 19.3 Å². The predicted octanol–water partition coefficient (Wildman–Crippen LogP) is 8.06. The van der Waals surface area contributed by atoms with Crippen LogP contribution in [0.15, 0.2) is 73.1 Å². The van der Waals surface area contributed by atoms with Crippen LogP contribution in [0.25, 0.3) is 22.6 Å². The van der Waals surface area contributed by atoms with Crippen molar-refractivity contribution in [3.63, 3.8) is 0 Å². The monoisotopic (exact) mass is 533 g/mol. The van der Waals surface area contributed by atoms with Crippen LogP contribution in [0.1, 0.15) is 63.3 Å². The van der Waals surface area contributed by atoms with Crippen molar-refractivity contribution in [3.8, 4) is 11.4 Å². The Kier molecular flexibility index (Phi) is 6.44. The third-order valence-electron chi connectivity index (χ3n) is 8.03. The zero-order valence-corrected chi connectivity index (χ0v) is 23.9. The zero-order chi connectivity index (χ0) is 28.1. The molecule has 6 rings (SSSR count). The molecule has 5 aromatic rings. The van der Waals surface area contributed by atoms with Crippen molar-refractivity contribution in [2.75, 3.05) is 11.4 Å². The second-order valence-corrected chi connectivity index (χ2v) is 12.6. The Bertz CT molecular complexity index is 1660. The summed E-state index contributed by atoms with van der Waals surface area (Å²) in [5, 5.41) is 0. The number of H-pyrrole nitrogens is 1. The molecule has 4 heterocycles. The summed E-state index contributed by atoms with van der Waals surface area (Å²) in [7, 11) is 0. The van der Waals surface area contributed by atoms with Crippen LogP contribution in [-0.2, 0) is 23.7 Å². The van der Waals surface area contributed by atoms with Crippen molar-refractivity contribution in [3.05, 3.63) is 101 Å². The molecule has 0 aliphatic carbocycles. The van der Waals surface area contributed by atoms with Gasteiger partial charge in [-0.2, -0.15) is 0 Å². The van der Waals surface area contributed by atoms with Crippen LogP contribution < -0.4 is 4.90 Å². The molecule has 0 atom stereocenters. The van der Waals surface area contributed by atoms with Crippen LogP contribution in [0.5, 0.6) is 0 Å². The molecule has 0 fully saturated rings. The van der Waals surface area contributed by atoms with Gasteiger partial charge in [0, 0.05) is 30.2 Å². The van der Waals surface area contributed by atoms with Gasteiger partial charge in [-0.3, -0.25) is 0 Å². The average molecular weight is 534 g/mol. The van der Waals surface area contributed by atoms with E-state index in [0.717, 1.165) is 48.3 Å². The summed E-state index contributed by atoms with van der Waals surface area (Å²) in [6.45, 7) is 12.0. The van der Waals surface area contributed by atoms with E-state index >= 15 is 0 Å². The largest absolute Gasteiger partial charge is 0.337 e. The quantitative estimate of drug-likeness (QED) is 0.248. The number of anilines is 2. The molecule has 1 aliphatic heterocycles. The molecule has 2 aromatic carbocycles. The molecule has 0 radical (unpaired) electrons. The fraction of sp³-hybridized carbons (Fsp3) is 0.324. The zero-order valence-electron chi connectivity index (χ0n) is 23.9. The molecule has 3 aromatic heterocycles. The molecule has 0 saturated heterocycles. The molecule has 0 bridgehead atoms. The first kappa shape index (κ1) is 26.2. The van der Waals surface area contributed by atoms with E-state index in [2.05, 4.69) is 79.8 Å². The Hall–Kier alpha value is -4.06. The molecule has 1 N–H and O–H groups in total. The van der Waals surface area contributed by atoms with Crippen molar-refractivity contribution >= 4 is 22.7 Å². The lowest BCUT2D eigenvalue weighted by atomic mass is 9.76. The number of benzene rings is 2. The van der Waals surface area contributed by atoms with Gasteiger partial charge in [-0.05, 0) is 101 Å². The number of rotatable bonds is 5. The number of hydrogen-bond acceptors (Lipinski definition) is 4. The van der Waals surface area contributed by atoms with Crippen LogP contribution in [0.4, 0.5) is 15.9 Å². The number of pyridine rings is 2. The standard InChI is InChI=1S/C34H36FN5/c1-33(2,3)24-14-16-36-30(19-24)40-17-7-8-23-11-10-22(18-29(23)40)21-34(4,5)27-20-25(35)12-13-26(27)31-38-28-9-6-15-37-32(28)39-31/h6,9-16,18-20H,7-8,17,21H2,1-5H3,(H,37,38,39). The highest BCUT2D eigenvalue weighted by atomic mass is 19.1. The van der Waals surface area contributed by atoms with Crippen molar-refractivity contribution < 1.29 is 4.39 Å². The highest BCUT2D eigenvalue weighted by Gasteiger charge is 2.28. The van der Waals surface area contributed by atoms with E-state index in [4.69, 9.17) is 9.97 Å². The maximum Gasteiger partial charge on any atom is 0.178 e. The molecular formula is C34H36FN5. The molecule has 0 unspecified atom stereocenters. The summed E-state index contributed by atoms with van der Waals surface area (Å²) >= 11 is 0. The van der Waals surface area contributed by atoms with E-state index in [1.54, 1.807) is 12.3 Å². The lowest BCUT2D eigenvalue weighted by Gasteiger charge is -2.33. The van der Waals surface area contributed by atoms with Crippen LogP contribution in [0, 0.1) is 5.82 Å². The smallest absolute Gasteiger partial charge is 0.178 e. The first-order valence-corrected chi connectivity index (χ1v) is 14.1. The molecule has 0 saturated carbocycles. The lowest BCUT2D eigenvalue weighted by Crippen LogP contribution is -2.27. The SMILES string of the molecule is CC(C)(C)c1ccnc(N2CCCc3ccc(CC(C)(C)c4cc(F)ccc4-c4nc5ncccc5[nH]4)cc32)c1. The summed E-state index contributed by atoms with van der Waals surface area (Å²) in [6.07, 6.45) is 6.56. The van der Waals surface area contributed by atoms with Crippen LogP contribution in [0.3, 0.4) is 0 Å². The Morgan fingerprint density at radius 3 is 2.58 bits per heavy atom. The summed E-state index contributed by atoms with van der Waals surface area (Å²) in [5.74, 6) is 1.45. The Morgan fingerprint density at radius 1 is 0.925 bits per heavy atom. The van der Waals surface area contributed by atoms with Gasteiger partial charge < -0.3 is 9.88 Å². The van der Waals surface area contributed by atoms with Gasteiger partial charge in [0.15, 0.2) is 5.65 Å². The number of hydrogen-bond donors (Lipinski definition) is 1. The van der Waals surface area contributed by atoms with Gasteiger partial charge in [0.05, 0.1) is 5.52 Å². The third kappa shape index (κ3) is 4.99. The van der Waals surface area contributed by atoms with Crippen LogP contribution in [-0.4, -0.2) is 26.5 Å². The molecule has 40 heavy (non-hydrogen) atoms. The Morgan fingerprint density at radius 2 is 1.77 bits per heavy atom. The van der Waals surface area contributed by atoms with E-state index < -0.39 is 0 Å². The van der Waals surface area contributed by atoms with Crippen molar-refractivity contribution in [2.45, 2.75) is 64.7 Å². The van der Waals surface area contributed by atoms with Gasteiger partial charge >= 0.3 is 0 Å². The van der Waals surface area contributed by atoms with Crippen molar-refractivity contribution in [2.24, 2.45) is 0 Å². The number of aryl methyl sites for hydroxylation is 1. The fourth-order valence-electron chi connectivity index (χ4n) is 5.86. The molecule has 0 amide bonds. The lowest BCUT2D eigenvalue weighted by molar-refractivity contribution is 0.516. The Labute approximate surface area is 235 Å². The average Bonchev–Trinajstić information content (AvgIpc) is 3.36. The van der Waals surface area contributed by atoms with Crippen molar-refractivity contribution in [1.82, 2.24) is 19.9 Å². The van der Waals surface area contributed by atoms with E-state index in [0.29, 0.717) is 11.5 Å². The topological polar surface area (TPSA) is 57.7 Å². The van der Waals surface area contributed by atoms with Gasteiger partial charge in [0.1, 0.15) is 17.5 Å². The number of halogens is 1. The highest BCUT2D eigenvalue weighted by molar-refractivity contribution is 5.77. The number of aromatic amines is 1. The Balaban J connectivity index is 1.36. The van der Waals surface area contributed by atoms with E-state index in [1.165, 1.54) is 28.4 Å². The maximum absolute atomic E-state index is 14.7. The minimum atomic E-state index is -0.359. The van der Waals surface area contributed by atoms with E-state index in [9.17, 15) is 4.39 Å². The molecule has 6 heteroatoms. The molecular weight excluding hydrogens is 497 g/mol. The number of nitrogens with one attached hydrogen (secondary N) is 1. The first-order chi connectivity index (χ1) is 19.1. The number of imidazole rings is 1. The number of fused-ring (bicyclic) bond motifs is 2. The molecule has 204 valence electrons. The maximum atomic E-state index is 14.7. The summed E-state index contributed by atoms with van der Waals surface area (Å²) in [6, 6.07) is 20.0. The van der Waals surface area contributed by atoms with E-state index in [-0.39, 0.29) is 16.6 Å². The third-order valence-corrected chi connectivity index (χ3v) is 8.03. The highest BCUT2D eigenvalue weighted by Crippen LogP contribution is 2.39. The second kappa shape index (κ2) is 9.84. The number of aromatic nitrogens is 4. The van der Waals surface area contributed by atoms with Crippen LogP contribution >= 0.6 is 0 Å².